The van der Waals surface area contributed by atoms with Crippen LogP contribution in [0.25, 0.3) is 0 Å². The van der Waals surface area contributed by atoms with Crippen LogP contribution in [0.3, 0.4) is 0 Å². The third kappa shape index (κ3) is 5.60. The molecule has 2 N–H and O–H groups in total. The standard InChI is InChI=1S/C12H18N2O4S/c1-3-13-12(15)14-8-9-18-10-4-6-11(7-5-10)19(2,16)17/h4-7H,3,8-9H2,1-2H3,(H2,13,14,15). The molecule has 0 spiro atoms. The molecule has 0 aliphatic heterocycles. The lowest BCUT2D eigenvalue weighted by Gasteiger charge is -2.08. The van der Waals surface area contributed by atoms with Crippen molar-refractivity contribution in [1.29, 1.82) is 0 Å². The molecule has 0 fully saturated rings. The van der Waals surface area contributed by atoms with Crippen LogP contribution in [0.15, 0.2) is 29.2 Å². The van der Waals surface area contributed by atoms with Gasteiger partial charge in [0, 0.05) is 12.8 Å². The van der Waals surface area contributed by atoms with E-state index in [4.69, 9.17) is 4.74 Å². The van der Waals surface area contributed by atoms with Crippen molar-refractivity contribution in [3.63, 3.8) is 0 Å². The fourth-order valence-corrected chi connectivity index (χ4v) is 1.97. The highest BCUT2D eigenvalue weighted by atomic mass is 32.2. The second-order valence-corrected chi connectivity index (χ2v) is 5.89. The minimum atomic E-state index is -3.18. The van der Waals surface area contributed by atoms with Crippen molar-refractivity contribution in [1.82, 2.24) is 10.6 Å². The first-order valence-electron chi connectivity index (χ1n) is 5.88. The number of amides is 2. The monoisotopic (exact) mass is 286 g/mol. The summed E-state index contributed by atoms with van der Waals surface area (Å²) in [6, 6.07) is 5.91. The van der Waals surface area contributed by atoms with Gasteiger partial charge in [-0.15, -0.1) is 0 Å². The Morgan fingerprint density at radius 1 is 1.21 bits per heavy atom. The molecule has 0 radical (unpaired) electrons. The first-order chi connectivity index (χ1) is 8.93. The van der Waals surface area contributed by atoms with E-state index in [0.717, 1.165) is 6.26 Å². The Morgan fingerprint density at radius 3 is 2.37 bits per heavy atom. The second-order valence-electron chi connectivity index (χ2n) is 3.88. The molecule has 0 saturated carbocycles. The summed E-state index contributed by atoms with van der Waals surface area (Å²) in [6.07, 6.45) is 1.15. The fraction of sp³-hybridized carbons (Fsp3) is 0.417. The van der Waals surface area contributed by atoms with Gasteiger partial charge in [-0.2, -0.15) is 0 Å². The summed E-state index contributed by atoms with van der Waals surface area (Å²) in [4.78, 5) is 11.3. The SMILES string of the molecule is CCNC(=O)NCCOc1ccc(S(C)(=O)=O)cc1. The molecule has 1 aromatic rings. The maximum Gasteiger partial charge on any atom is 0.314 e. The van der Waals surface area contributed by atoms with Crippen molar-refractivity contribution < 1.29 is 17.9 Å². The van der Waals surface area contributed by atoms with E-state index in [1.54, 1.807) is 12.1 Å². The number of nitrogens with one attached hydrogen (secondary N) is 2. The summed E-state index contributed by atoms with van der Waals surface area (Å²) in [5.74, 6) is 0.560. The summed E-state index contributed by atoms with van der Waals surface area (Å²) in [7, 11) is -3.18. The van der Waals surface area contributed by atoms with Crippen molar-refractivity contribution in [2.24, 2.45) is 0 Å². The molecule has 0 aliphatic carbocycles. The fourth-order valence-electron chi connectivity index (χ4n) is 1.34. The van der Waals surface area contributed by atoms with Gasteiger partial charge < -0.3 is 15.4 Å². The van der Waals surface area contributed by atoms with Crippen LogP contribution in [-0.2, 0) is 9.84 Å². The normalized spacial score (nSPS) is 10.8. The minimum absolute atomic E-state index is 0.237. The molecule has 0 heterocycles. The van der Waals surface area contributed by atoms with Crippen LogP contribution in [0.2, 0.25) is 0 Å². The molecule has 2 amide bonds. The molecule has 106 valence electrons. The Kier molecular flexibility index (Phi) is 5.62. The van der Waals surface area contributed by atoms with Crippen molar-refractivity contribution in [2.75, 3.05) is 26.0 Å². The number of urea groups is 1. The predicted octanol–water partition coefficient (Wildman–Crippen LogP) is 0.788. The van der Waals surface area contributed by atoms with E-state index in [-0.39, 0.29) is 10.9 Å². The number of rotatable bonds is 6. The van der Waals surface area contributed by atoms with Crippen molar-refractivity contribution in [3.05, 3.63) is 24.3 Å². The Hall–Kier alpha value is -1.76. The van der Waals surface area contributed by atoms with E-state index in [2.05, 4.69) is 10.6 Å². The Morgan fingerprint density at radius 2 is 1.84 bits per heavy atom. The molecule has 1 aromatic carbocycles. The number of carbonyl (C=O) groups excluding carboxylic acids is 1. The van der Waals surface area contributed by atoms with Crippen LogP contribution in [0.4, 0.5) is 4.79 Å². The first kappa shape index (κ1) is 15.3. The van der Waals surface area contributed by atoms with Crippen LogP contribution in [0, 0.1) is 0 Å². The number of hydrogen-bond acceptors (Lipinski definition) is 4. The summed E-state index contributed by atoms with van der Waals surface area (Å²) in [5.41, 5.74) is 0. The van der Waals surface area contributed by atoms with Crippen LogP contribution in [0.5, 0.6) is 5.75 Å². The van der Waals surface area contributed by atoms with Crippen molar-refractivity contribution >= 4 is 15.9 Å². The van der Waals surface area contributed by atoms with Gasteiger partial charge in [-0.3, -0.25) is 0 Å². The molecule has 0 atom stereocenters. The second kappa shape index (κ2) is 6.98. The summed E-state index contributed by atoms with van der Waals surface area (Å²) in [6.45, 7) is 3.09. The van der Waals surface area contributed by atoms with Crippen LogP contribution in [-0.4, -0.2) is 40.4 Å². The van der Waals surface area contributed by atoms with Gasteiger partial charge in [-0.25, -0.2) is 13.2 Å². The van der Waals surface area contributed by atoms with Gasteiger partial charge in [0.1, 0.15) is 12.4 Å². The van der Waals surface area contributed by atoms with Gasteiger partial charge in [0.25, 0.3) is 0 Å². The zero-order chi connectivity index (χ0) is 14.3. The van der Waals surface area contributed by atoms with Crippen LogP contribution >= 0.6 is 0 Å². The van der Waals surface area contributed by atoms with Crippen molar-refractivity contribution in [3.8, 4) is 5.75 Å². The van der Waals surface area contributed by atoms with E-state index >= 15 is 0 Å². The molecule has 1 rings (SSSR count). The topological polar surface area (TPSA) is 84.5 Å². The quantitative estimate of drug-likeness (QED) is 0.757. The smallest absolute Gasteiger partial charge is 0.314 e. The molecule has 6 nitrogen and oxygen atoms in total. The van der Waals surface area contributed by atoms with E-state index in [0.29, 0.717) is 25.4 Å². The number of sulfone groups is 1. The Balaban J connectivity index is 2.37. The van der Waals surface area contributed by atoms with Gasteiger partial charge >= 0.3 is 6.03 Å². The predicted molar refractivity (Wildman–Crippen MR) is 72.1 cm³/mol. The molecule has 7 heteroatoms. The van der Waals surface area contributed by atoms with E-state index < -0.39 is 9.84 Å². The molecule has 0 aliphatic rings. The minimum Gasteiger partial charge on any atom is -0.492 e. The number of carbonyl (C=O) groups is 1. The highest BCUT2D eigenvalue weighted by Gasteiger charge is 2.06. The molecular weight excluding hydrogens is 268 g/mol. The lowest BCUT2D eigenvalue weighted by Crippen LogP contribution is -2.37. The van der Waals surface area contributed by atoms with Crippen LogP contribution in [0.1, 0.15) is 6.92 Å². The van der Waals surface area contributed by atoms with E-state index in [1.807, 2.05) is 6.92 Å². The van der Waals surface area contributed by atoms with Gasteiger partial charge in [0.15, 0.2) is 9.84 Å². The largest absolute Gasteiger partial charge is 0.492 e. The highest BCUT2D eigenvalue weighted by Crippen LogP contribution is 2.15. The van der Waals surface area contributed by atoms with Gasteiger partial charge in [0.05, 0.1) is 11.4 Å². The average Bonchev–Trinajstić information content (AvgIpc) is 2.34. The average molecular weight is 286 g/mol. The Bertz CT molecular complexity index is 511. The number of ether oxygens (including phenoxy) is 1. The third-order valence-electron chi connectivity index (χ3n) is 2.25. The highest BCUT2D eigenvalue weighted by molar-refractivity contribution is 7.90. The van der Waals surface area contributed by atoms with Gasteiger partial charge in [-0.1, -0.05) is 0 Å². The molecular formula is C12H18N2O4S. The Labute approximate surface area is 113 Å². The van der Waals surface area contributed by atoms with Gasteiger partial charge in [0.2, 0.25) is 0 Å². The van der Waals surface area contributed by atoms with Crippen molar-refractivity contribution in [2.45, 2.75) is 11.8 Å². The zero-order valence-corrected chi connectivity index (χ0v) is 11.8. The lowest BCUT2D eigenvalue weighted by molar-refractivity contribution is 0.237. The summed E-state index contributed by atoms with van der Waals surface area (Å²) in [5, 5.41) is 5.21. The molecule has 0 aromatic heterocycles. The summed E-state index contributed by atoms with van der Waals surface area (Å²) < 4.78 is 27.9. The molecule has 0 bridgehead atoms. The first-order valence-corrected chi connectivity index (χ1v) is 7.77. The summed E-state index contributed by atoms with van der Waals surface area (Å²) >= 11 is 0. The molecule has 19 heavy (non-hydrogen) atoms. The third-order valence-corrected chi connectivity index (χ3v) is 3.37. The van der Waals surface area contributed by atoms with Crippen LogP contribution < -0.4 is 15.4 Å². The zero-order valence-electron chi connectivity index (χ0n) is 11.0. The number of hydrogen-bond donors (Lipinski definition) is 2. The molecule has 0 unspecified atom stereocenters. The maximum absolute atomic E-state index is 11.2. The number of benzene rings is 1. The van der Waals surface area contributed by atoms with E-state index in [9.17, 15) is 13.2 Å². The lowest BCUT2D eigenvalue weighted by atomic mass is 10.3. The van der Waals surface area contributed by atoms with Gasteiger partial charge in [-0.05, 0) is 31.2 Å². The maximum atomic E-state index is 11.2. The van der Waals surface area contributed by atoms with E-state index in [1.165, 1.54) is 12.1 Å². The molecule has 0 saturated heterocycles.